The number of nitrogens with zero attached hydrogens (tertiary/aromatic N) is 8. The molecule has 3 N–H and O–H groups in total. The SMILES string of the molecule is CC(C)c1cnc[nH]1.CC(C)c1cnn(C)n1.CC(C)c1nn[nH]n1.Cc1ncc(C(C)C)[nH]1. The van der Waals surface area contributed by atoms with E-state index in [2.05, 4.69) is 92.3 Å². The number of rotatable bonds is 4. The zero-order chi connectivity index (χ0) is 25.7. The summed E-state index contributed by atoms with van der Waals surface area (Å²) >= 11 is 0. The Labute approximate surface area is 202 Å². The second-order valence-corrected chi connectivity index (χ2v) is 9.08. The first-order chi connectivity index (χ1) is 16.0. The van der Waals surface area contributed by atoms with E-state index in [-0.39, 0.29) is 0 Å². The Kier molecular flexibility index (Phi) is 12.4. The van der Waals surface area contributed by atoms with Gasteiger partial charge in [0.05, 0.1) is 18.2 Å². The van der Waals surface area contributed by atoms with E-state index in [1.165, 1.54) is 11.4 Å². The van der Waals surface area contributed by atoms with Crippen LogP contribution in [0.3, 0.4) is 0 Å². The molecule has 4 aromatic heterocycles. The molecule has 11 nitrogen and oxygen atoms in total. The van der Waals surface area contributed by atoms with Crippen LogP contribution in [0.1, 0.15) is 108 Å². The lowest BCUT2D eigenvalue weighted by atomic mass is 10.2. The summed E-state index contributed by atoms with van der Waals surface area (Å²) < 4.78 is 0. The zero-order valence-corrected chi connectivity index (χ0v) is 22.2. The van der Waals surface area contributed by atoms with Crippen LogP contribution >= 0.6 is 0 Å². The first-order valence-corrected chi connectivity index (χ1v) is 11.6. The van der Waals surface area contributed by atoms with Gasteiger partial charge in [-0.1, -0.05) is 60.6 Å². The quantitative estimate of drug-likeness (QED) is 0.393. The first kappa shape index (κ1) is 28.7. The Morgan fingerprint density at radius 2 is 1.50 bits per heavy atom. The predicted octanol–water partition coefficient (Wildman–Crippen LogP) is 4.64. The maximum Gasteiger partial charge on any atom is 0.177 e. The van der Waals surface area contributed by atoms with E-state index < -0.39 is 0 Å². The molecule has 0 aliphatic heterocycles. The first-order valence-electron chi connectivity index (χ1n) is 11.6. The molecule has 34 heavy (non-hydrogen) atoms. The molecule has 0 aliphatic carbocycles. The van der Waals surface area contributed by atoms with Gasteiger partial charge in [0.2, 0.25) is 0 Å². The highest BCUT2D eigenvalue weighted by molar-refractivity contribution is 5.04. The fourth-order valence-corrected chi connectivity index (χ4v) is 2.36. The second kappa shape index (κ2) is 14.7. The van der Waals surface area contributed by atoms with Gasteiger partial charge in [0.25, 0.3) is 0 Å². The van der Waals surface area contributed by atoms with Gasteiger partial charge in [-0.2, -0.15) is 20.2 Å². The van der Waals surface area contributed by atoms with Crippen LogP contribution in [0.25, 0.3) is 0 Å². The lowest BCUT2D eigenvalue weighted by molar-refractivity contribution is 0.636. The molecule has 4 rings (SSSR count). The summed E-state index contributed by atoms with van der Waals surface area (Å²) in [5.41, 5.74) is 3.47. The van der Waals surface area contributed by atoms with Crippen LogP contribution in [-0.4, -0.2) is 55.6 Å². The molecule has 0 radical (unpaired) electrons. The van der Waals surface area contributed by atoms with Crippen molar-refractivity contribution in [2.45, 2.75) is 86.0 Å². The Hall–Kier alpha value is -3.37. The van der Waals surface area contributed by atoms with Crippen molar-refractivity contribution in [2.75, 3.05) is 0 Å². The number of nitrogens with one attached hydrogen (secondary N) is 3. The highest BCUT2D eigenvalue weighted by atomic mass is 15.5. The van der Waals surface area contributed by atoms with Crippen molar-refractivity contribution in [3.05, 3.63) is 53.6 Å². The van der Waals surface area contributed by atoms with Crippen LogP contribution < -0.4 is 0 Å². The van der Waals surface area contributed by atoms with E-state index in [1.807, 2.05) is 40.2 Å². The molecule has 0 saturated carbocycles. The third-order valence-corrected chi connectivity index (χ3v) is 4.57. The van der Waals surface area contributed by atoms with E-state index in [4.69, 9.17) is 0 Å². The average Bonchev–Trinajstić information content (AvgIpc) is 3.55. The second-order valence-electron chi connectivity index (χ2n) is 9.08. The lowest BCUT2D eigenvalue weighted by Crippen LogP contribution is -1.94. The number of hydrogen-bond donors (Lipinski definition) is 3. The van der Waals surface area contributed by atoms with Crippen molar-refractivity contribution in [1.29, 1.82) is 0 Å². The van der Waals surface area contributed by atoms with Crippen LogP contribution in [0.15, 0.2) is 24.9 Å². The Bertz CT molecular complexity index is 911. The fourth-order valence-electron chi connectivity index (χ4n) is 2.36. The summed E-state index contributed by atoms with van der Waals surface area (Å²) in [5.74, 6) is 3.75. The Balaban J connectivity index is 0.000000227. The van der Waals surface area contributed by atoms with Gasteiger partial charge in [-0.3, -0.25) is 0 Å². The molecule has 0 spiro atoms. The summed E-state index contributed by atoms with van der Waals surface area (Å²) in [6, 6.07) is 0. The molecule has 4 aromatic rings. The molecule has 188 valence electrons. The molecule has 0 fully saturated rings. The van der Waals surface area contributed by atoms with Gasteiger partial charge in [-0.05, 0) is 24.7 Å². The highest BCUT2D eigenvalue weighted by Gasteiger charge is 2.02. The van der Waals surface area contributed by atoms with Gasteiger partial charge in [0.1, 0.15) is 5.82 Å². The van der Waals surface area contributed by atoms with E-state index in [1.54, 1.807) is 17.3 Å². The minimum absolute atomic E-state index is 0.369. The molecule has 0 unspecified atom stereocenters. The van der Waals surface area contributed by atoms with Crippen LogP contribution in [0.2, 0.25) is 0 Å². The largest absolute Gasteiger partial charge is 0.348 e. The monoisotopic (exact) mass is 471 g/mol. The highest BCUT2D eigenvalue weighted by Crippen LogP contribution is 2.10. The molecule has 0 amide bonds. The van der Waals surface area contributed by atoms with Gasteiger partial charge in [-0.25, -0.2) is 9.97 Å². The van der Waals surface area contributed by atoms with Gasteiger partial charge in [0.15, 0.2) is 5.82 Å². The van der Waals surface area contributed by atoms with E-state index in [0.717, 1.165) is 17.3 Å². The molecule has 0 aliphatic rings. The standard InChI is InChI=1S/C7H12N2.C6H11N3.C6H10N2.C4H8N4/c1-5(2)7-4-8-6(3)9-7;1-5(2)6-4-7-9(3)8-6;1-5(2)6-3-7-4-8-6;1-3(2)4-5-7-8-6-4/h4-5H,1-3H3,(H,8,9);4-5H,1-3H3;3-5H,1-2H3,(H,7,8);3H,1-2H3,(H,5,6,7,8). The van der Waals surface area contributed by atoms with Gasteiger partial charge in [0, 0.05) is 36.7 Å². The van der Waals surface area contributed by atoms with Crippen LogP contribution in [0.4, 0.5) is 0 Å². The number of aryl methyl sites for hydroxylation is 2. The van der Waals surface area contributed by atoms with Crippen LogP contribution in [0.5, 0.6) is 0 Å². The molecule has 0 atom stereocenters. The maximum atomic E-state index is 4.12. The molecule has 4 heterocycles. The van der Waals surface area contributed by atoms with Crippen LogP contribution in [0, 0.1) is 6.92 Å². The molecular weight excluding hydrogens is 430 g/mol. The molecule has 0 aromatic carbocycles. The van der Waals surface area contributed by atoms with Crippen molar-refractivity contribution < 1.29 is 0 Å². The Morgan fingerprint density at radius 3 is 1.74 bits per heavy atom. The van der Waals surface area contributed by atoms with E-state index in [0.29, 0.717) is 23.7 Å². The van der Waals surface area contributed by atoms with E-state index >= 15 is 0 Å². The minimum Gasteiger partial charge on any atom is -0.348 e. The average molecular weight is 472 g/mol. The lowest BCUT2D eigenvalue weighted by Gasteiger charge is -1.96. The van der Waals surface area contributed by atoms with Gasteiger partial charge < -0.3 is 9.97 Å². The number of H-pyrrole nitrogens is 3. The third kappa shape index (κ3) is 11.0. The third-order valence-electron chi connectivity index (χ3n) is 4.57. The maximum absolute atomic E-state index is 4.12. The summed E-state index contributed by atoms with van der Waals surface area (Å²) in [6.07, 6.45) is 7.24. The summed E-state index contributed by atoms with van der Waals surface area (Å²) in [4.78, 5) is 15.7. The number of aromatic nitrogens is 11. The smallest absolute Gasteiger partial charge is 0.177 e. The Morgan fingerprint density at radius 1 is 0.824 bits per heavy atom. The number of tetrazole rings is 1. The minimum atomic E-state index is 0.369. The van der Waals surface area contributed by atoms with Crippen molar-refractivity contribution >= 4 is 0 Å². The molecule has 0 saturated heterocycles. The fraction of sp³-hybridized carbons (Fsp3) is 0.609. The van der Waals surface area contributed by atoms with Gasteiger partial charge in [-0.15, -0.1) is 10.2 Å². The zero-order valence-electron chi connectivity index (χ0n) is 22.2. The molecule has 11 heteroatoms. The van der Waals surface area contributed by atoms with Crippen molar-refractivity contribution in [3.8, 4) is 0 Å². The molecule has 0 bridgehead atoms. The summed E-state index contributed by atoms with van der Waals surface area (Å²) in [6.45, 7) is 18.8. The number of hydrogen-bond acceptors (Lipinski definition) is 7. The van der Waals surface area contributed by atoms with E-state index in [9.17, 15) is 0 Å². The topological polar surface area (TPSA) is 143 Å². The summed E-state index contributed by atoms with van der Waals surface area (Å²) in [7, 11) is 1.83. The van der Waals surface area contributed by atoms with Crippen molar-refractivity contribution in [1.82, 2.24) is 55.6 Å². The van der Waals surface area contributed by atoms with Crippen molar-refractivity contribution in [3.63, 3.8) is 0 Å². The normalized spacial score (nSPS) is 10.5. The number of imidazole rings is 2. The van der Waals surface area contributed by atoms with Crippen molar-refractivity contribution in [2.24, 2.45) is 7.05 Å². The summed E-state index contributed by atoms with van der Waals surface area (Å²) in [5, 5.41) is 21.4. The van der Waals surface area contributed by atoms with Gasteiger partial charge >= 0.3 is 0 Å². The predicted molar refractivity (Wildman–Crippen MR) is 133 cm³/mol. The number of aromatic amines is 3. The van der Waals surface area contributed by atoms with Crippen LogP contribution in [-0.2, 0) is 7.05 Å². The molecular formula is C23H41N11.